The van der Waals surface area contributed by atoms with Crippen molar-refractivity contribution in [1.29, 1.82) is 0 Å². The van der Waals surface area contributed by atoms with Crippen LogP contribution < -0.4 is 0 Å². The van der Waals surface area contributed by atoms with Gasteiger partial charge in [-0.05, 0) is 17.5 Å². The first kappa shape index (κ1) is 16.3. The molecule has 2 aromatic rings. The highest BCUT2D eigenvalue weighted by Gasteiger charge is 2.47. The number of hydrogen-bond acceptors (Lipinski definition) is 3. The summed E-state index contributed by atoms with van der Waals surface area (Å²) in [6.45, 7) is 2.67. The number of aliphatic hydroxyl groups excluding tert-OH is 1. The van der Waals surface area contributed by atoms with E-state index in [2.05, 4.69) is 29.2 Å². The molecule has 0 aromatic heterocycles. The number of carbonyl (C=O) groups is 1. The quantitative estimate of drug-likeness (QED) is 0.932. The fourth-order valence-electron chi connectivity index (χ4n) is 4.25. The van der Waals surface area contributed by atoms with Crippen LogP contribution in [0.4, 0.5) is 0 Å². The third-order valence-corrected chi connectivity index (χ3v) is 5.32. The number of nitrogens with zero attached hydrogens (tertiary/aromatic N) is 2. The zero-order chi connectivity index (χ0) is 17.2. The van der Waals surface area contributed by atoms with Crippen LogP contribution in [0.3, 0.4) is 0 Å². The van der Waals surface area contributed by atoms with Gasteiger partial charge >= 0.3 is 0 Å². The second kappa shape index (κ2) is 6.98. The van der Waals surface area contributed by atoms with Gasteiger partial charge in [0.05, 0.1) is 12.1 Å². The Kier molecular flexibility index (Phi) is 4.55. The van der Waals surface area contributed by atoms with E-state index in [0.29, 0.717) is 26.1 Å². The third kappa shape index (κ3) is 3.46. The smallest absolute Gasteiger partial charge is 0.240 e. The van der Waals surface area contributed by atoms with Gasteiger partial charge in [-0.25, -0.2) is 0 Å². The van der Waals surface area contributed by atoms with Gasteiger partial charge in [0.1, 0.15) is 0 Å². The van der Waals surface area contributed by atoms with Gasteiger partial charge in [-0.1, -0.05) is 60.7 Å². The number of piperidine rings is 1. The van der Waals surface area contributed by atoms with E-state index < -0.39 is 0 Å². The predicted octanol–water partition coefficient (Wildman–Crippen LogP) is 2.28. The lowest BCUT2D eigenvalue weighted by molar-refractivity contribution is -0.134. The number of fused-ring (bicyclic) bond motifs is 1. The molecule has 0 spiro atoms. The van der Waals surface area contributed by atoms with Crippen LogP contribution in [0.15, 0.2) is 60.7 Å². The molecular weight excluding hydrogens is 312 g/mol. The van der Waals surface area contributed by atoms with Gasteiger partial charge in [0.2, 0.25) is 5.91 Å². The zero-order valence-corrected chi connectivity index (χ0v) is 14.3. The van der Waals surface area contributed by atoms with Crippen LogP contribution in [0.2, 0.25) is 0 Å². The van der Waals surface area contributed by atoms with Gasteiger partial charge in [-0.3, -0.25) is 9.69 Å². The molecule has 0 aliphatic carbocycles. The maximum Gasteiger partial charge on any atom is 0.240 e. The predicted molar refractivity (Wildman–Crippen MR) is 96.6 cm³/mol. The highest BCUT2D eigenvalue weighted by atomic mass is 16.3. The van der Waals surface area contributed by atoms with Gasteiger partial charge in [0.25, 0.3) is 0 Å². The molecule has 2 heterocycles. The Hall–Kier alpha value is -2.17. The Bertz CT molecular complexity index is 719. The molecule has 2 aliphatic rings. The standard InChI is InChI=1S/C21H24N2O2/c24-19-11-18-14-23(13-17-9-5-2-6-10-17)21(25)20(18)22(15-19)12-16-7-3-1-4-8-16/h1-10,18-20,24H,11-15H2. The second-order valence-electron chi connectivity index (χ2n) is 7.21. The molecule has 0 saturated carbocycles. The van der Waals surface area contributed by atoms with Gasteiger partial charge in [-0.2, -0.15) is 0 Å². The summed E-state index contributed by atoms with van der Waals surface area (Å²) in [7, 11) is 0. The van der Waals surface area contributed by atoms with Crippen molar-refractivity contribution in [2.24, 2.45) is 5.92 Å². The van der Waals surface area contributed by atoms with Gasteiger partial charge < -0.3 is 10.0 Å². The van der Waals surface area contributed by atoms with Crippen LogP contribution in [0.5, 0.6) is 0 Å². The molecule has 3 atom stereocenters. The summed E-state index contributed by atoms with van der Waals surface area (Å²) in [5.74, 6) is 0.417. The minimum atomic E-state index is -0.352. The number of rotatable bonds is 4. The van der Waals surface area contributed by atoms with E-state index in [9.17, 15) is 9.90 Å². The minimum Gasteiger partial charge on any atom is -0.392 e. The van der Waals surface area contributed by atoms with E-state index >= 15 is 0 Å². The van der Waals surface area contributed by atoms with Crippen LogP contribution in [0, 0.1) is 5.92 Å². The summed E-state index contributed by atoms with van der Waals surface area (Å²) in [6.07, 6.45) is 0.363. The van der Waals surface area contributed by atoms with Crippen molar-refractivity contribution in [1.82, 2.24) is 9.80 Å². The monoisotopic (exact) mass is 336 g/mol. The molecule has 2 aromatic carbocycles. The average molecular weight is 336 g/mol. The van der Waals surface area contributed by atoms with Gasteiger partial charge in [0.15, 0.2) is 0 Å². The molecule has 1 amide bonds. The second-order valence-corrected chi connectivity index (χ2v) is 7.21. The summed E-state index contributed by atoms with van der Waals surface area (Å²) in [4.78, 5) is 17.2. The fourth-order valence-corrected chi connectivity index (χ4v) is 4.25. The molecule has 4 rings (SSSR count). The van der Waals surface area contributed by atoms with E-state index in [1.54, 1.807) is 0 Å². The largest absolute Gasteiger partial charge is 0.392 e. The Morgan fingerprint density at radius 1 is 0.880 bits per heavy atom. The van der Waals surface area contributed by atoms with Crippen molar-refractivity contribution >= 4 is 5.91 Å². The molecular formula is C21H24N2O2. The molecule has 130 valence electrons. The molecule has 2 aliphatic heterocycles. The first-order valence-corrected chi connectivity index (χ1v) is 8.99. The summed E-state index contributed by atoms with van der Waals surface area (Å²) in [6, 6.07) is 20.2. The number of β-amino-alcohol motifs (C(OH)–C–C–N with tert-alkyl or cyclic N) is 1. The first-order chi connectivity index (χ1) is 12.2. The number of likely N-dealkylation sites (tertiary alicyclic amines) is 2. The number of carbonyl (C=O) groups excluding carboxylic acids is 1. The number of aliphatic hydroxyl groups is 1. The van der Waals surface area contributed by atoms with E-state index in [1.165, 1.54) is 5.56 Å². The lowest BCUT2D eigenvalue weighted by Gasteiger charge is -2.38. The van der Waals surface area contributed by atoms with E-state index in [0.717, 1.165) is 12.1 Å². The molecule has 2 fully saturated rings. The van der Waals surface area contributed by atoms with Crippen molar-refractivity contribution in [2.75, 3.05) is 13.1 Å². The van der Waals surface area contributed by atoms with Gasteiger partial charge in [0, 0.05) is 32.1 Å². The highest BCUT2D eigenvalue weighted by Crippen LogP contribution is 2.33. The molecule has 0 radical (unpaired) electrons. The number of hydrogen-bond donors (Lipinski definition) is 1. The number of amides is 1. The molecule has 4 heteroatoms. The number of benzene rings is 2. The van der Waals surface area contributed by atoms with Crippen LogP contribution >= 0.6 is 0 Å². The van der Waals surface area contributed by atoms with E-state index in [1.807, 2.05) is 41.3 Å². The fraction of sp³-hybridized carbons (Fsp3) is 0.381. The van der Waals surface area contributed by atoms with Crippen molar-refractivity contribution < 1.29 is 9.90 Å². The molecule has 3 unspecified atom stereocenters. The summed E-state index contributed by atoms with van der Waals surface area (Å²) in [5, 5.41) is 10.3. The van der Waals surface area contributed by atoms with Crippen LogP contribution in [-0.2, 0) is 17.9 Å². The molecule has 0 bridgehead atoms. The van der Waals surface area contributed by atoms with Crippen molar-refractivity contribution in [2.45, 2.75) is 31.7 Å². The Labute approximate surface area is 148 Å². The molecule has 25 heavy (non-hydrogen) atoms. The Morgan fingerprint density at radius 3 is 2.12 bits per heavy atom. The van der Waals surface area contributed by atoms with Crippen molar-refractivity contribution in [3.05, 3.63) is 71.8 Å². The van der Waals surface area contributed by atoms with Crippen LogP contribution in [-0.4, -0.2) is 46.0 Å². The van der Waals surface area contributed by atoms with E-state index in [4.69, 9.17) is 0 Å². The normalized spacial score (nSPS) is 26.7. The maximum atomic E-state index is 13.1. The Morgan fingerprint density at radius 2 is 1.48 bits per heavy atom. The lowest BCUT2D eigenvalue weighted by atomic mass is 9.89. The highest BCUT2D eigenvalue weighted by molar-refractivity contribution is 5.84. The van der Waals surface area contributed by atoms with E-state index in [-0.39, 0.29) is 24.0 Å². The maximum absolute atomic E-state index is 13.1. The average Bonchev–Trinajstić information content (AvgIpc) is 2.92. The molecule has 1 N–H and O–H groups in total. The summed E-state index contributed by atoms with van der Waals surface area (Å²) >= 11 is 0. The van der Waals surface area contributed by atoms with Crippen LogP contribution in [0.25, 0.3) is 0 Å². The lowest BCUT2D eigenvalue weighted by Crippen LogP contribution is -2.51. The van der Waals surface area contributed by atoms with Crippen molar-refractivity contribution in [3.63, 3.8) is 0 Å². The SMILES string of the molecule is O=C1C2C(CC(O)CN2Cc2ccccc2)CN1Cc1ccccc1. The minimum absolute atomic E-state index is 0.104. The third-order valence-electron chi connectivity index (χ3n) is 5.32. The van der Waals surface area contributed by atoms with Crippen molar-refractivity contribution in [3.8, 4) is 0 Å². The first-order valence-electron chi connectivity index (χ1n) is 8.99. The van der Waals surface area contributed by atoms with Crippen LogP contribution in [0.1, 0.15) is 17.5 Å². The molecule has 4 nitrogen and oxygen atoms in total. The zero-order valence-electron chi connectivity index (χ0n) is 14.3. The van der Waals surface area contributed by atoms with Gasteiger partial charge in [-0.15, -0.1) is 0 Å². The molecule has 2 saturated heterocycles. The Balaban J connectivity index is 1.52. The topological polar surface area (TPSA) is 43.8 Å². The summed E-state index contributed by atoms with van der Waals surface area (Å²) in [5.41, 5.74) is 2.34. The summed E-state index contributed by atoms with van der Waals surface area (Å²) < 4.78 is 0.